The normalized spacial score (nSPS) is 21.3. The van der Waals surface area contributed by atoms with Crippen molar-refractivity contribution in [2.45, 2.75) is 38.0 Å². The molecule has 0 bridgehead atoms. The summed E-state index contributed by atoms with van der Waals surface area (Å²) in [6.07, 6.45) is 7.87. The minimum Gasteiger partial charge on any atom is -0.264 e. The first-order valence-electron chi connectivity index (χ1n) is 8.23. The van der Waals surface area contributed by atoms with Crippen molar-refractivity contribution >= 4 is 10.8 Å². The van der Waals surface area contributed by atoms with Crippen molar-refractivity contribution in [2.75, 3.05) is 0 Å². The van der Waals surface area contributed by atoms with Crippen molar-refractivity contribution < 1.29 is 0 Å². The molecule has 3 aromatic rings. The molecule has 2 atom stereocenters. The maximum absolute atomic E-state index is 4.38. The third-order valence-corrected chi connectivity index (χ3v) is 5.22. The van der Waals surface area contributed by atoms with Gasteiger partial charge in [0.2, 0.25) is 0 Å². The first kappa shape index (κ1) is 13.5. The van der Waals surface area contributed by atoms with Gasteiger partial charge >= 0.3 is 0 Å². The van der Waals surface area contributed by atoms with Crippen molar-refractivity contribution in [1.82, 2.24) is 4.98 Å². The number of aromatic nitrogens is 1. The molecule has 2 aromatic carbocycles. The third-order valence-electron chi connectivity index (χ3n) is 5.22. The van der Waals surface area contributed by atoms with Crippen LogP contribution >= 0.6 is 0 Å². The van der Waals surface area contributed by atoms with E-state index in [0.29, 0.717) is 11.8 Å². The molecule has 2 unspecified atom stereocenters. The molecule has 0 saturated heterocycles. The maximum atomic E-state index is 4.38. The second-order valence-corrected chi connectivity index (χ2v) is 6.44. The Hall–Kier alpha value is -2.15. The topological polar surface area (TPSA) is 12.9 Å². The Bertz CT molecular complexity index is 800. The van der Waals surface area contributed by atoms with Crippen LogP contribution in [0.25, 0.3) is 10.8 Å². The van der Waals surface area contributed by atoms with E-state index in [1.54, 1.807) is 0 Å². The zero-order valence-electron chi connectivity index (χ0n) is 13.0. The van der Waals surface area contributed by atoms with Crippen molar-refractivity contribution in [3.05, 3.63) is 77.6 Å². The highest BCUT2D eigenvalue weighted by Gasteiger charge is 2.31. The molecule has 1 aromatic heterocycles. The molecule has 1 aliphatic rings. The highest BCUT2D eigenvalue weighted by molar-refractivity contribution is 5.86. The molecular formula is C21H21N. The van der Waals surface area contributed by atoms with Crippen LogP contribution in [-0.4, -0.2) is 4.98 Å². The number of hydrogen-bond donors (Lipinski definition) is 0. The summed E-state index contributed by atoms with van der Waals surface area (Å²) in [4.78, 5) is 4.38. The van der Waals surface area contributed by atoms with Crippen LogP contribution < -0.4 is 0 Å². The average Bonchev–Trinajstić information content (AvgIpc) is 3.04. The summed E-state index contributed by atoms with van der Waals surface area (Å²) in [5.41, 5.74) is 4.34. The fraction of sp³-hybridized carbons (Fsp3) is 0.286. The number of pyridine rings is 1. The van der Waals surface area contributed by atoms with E-state index in [1.165, 1.54) is 46.7 Å². The van der Waals surface area contributed by atoms with Gasteiger partial charge in [-0.15, -0.1) is 0 Å². The SMILES string of the molecule is Cc1ccncc1C1CCCC1c1cccc2ccccc12. The van der Waals surface area contributed by atoms with Crippen molar-refractivity contribution in [3.8, 4) is 0 Å². The summed E-state index contributed by atoms with van der Waals surface area (Å²) in [5.74, 6) is 1.23. The molecule has 0 radical (unpaired) electrons. The van der Waals surface area contributed by atoms with E-state index in [4.69, 9.17) is 0 Å². The average molecular weight is 287 g/mol. The molecule has 0 spiro atoms. The lowest BCUT2D eigenvalue weighted by atomic mass is 9.81. The first-order valence-corrected chi connectivity index (χ1v) is 8.23. The zero-order chi connectivity index (χ0) is 14.9. The molecule has 1 nitrogen and oxygen atoms in total. The Morgan fingerprint density at radius 2 is 1.64 bits per heavy atom. The molecule has 0 N–H and O–H groups in total. The molecule has 4 rings (SSSR count). The number of rotatable bonds is 2. The quantitative estimate of drug-likeness (QED) is 0.598. The van der Waals surface area contributed by atoms with Crippen LogP contribution in [-0.2, 0) is 0 Å². The van der Waals surface area contributed by atoms with Crippen LogP contribution in [0.15, 0.2) is 60.9 Å². The number of nitrogens with zero attached hydrogens (tertiary/aromatic N) is 1. The Labute approximate surface area is 132 Å². The largest absolute Gasteiger partial charge is 0.264 e. The fourth-order valence-electron chi connectivity index (χ4n) is 4.14. The van der Waals surface area contributed by atoms with Gasteiger partial charge in [-0.3, -0.25) is 4.98 Å². The van der Waals surface area contributed by atoms with E-state index < -0.39 is 0 Å². The number of fused-ring (bicyclic) bond motifs is 1. The second kappa shape index (κ2) is 5.57. The fourth-order valence-corrected chi connectivity index (χ4v) is 4.14. The van der Waals surface area contributed by atoms with E-state index in [9.17, 15) is 0 Å². The van der Waals surface area contributed by atoms with E-state index in [2.05, 4.69) is 66.6 Å². The smallest absolute Gasteiger partial charge is 0.0305 e. The van der Waals surface area contributed by atoms with Gasteiger partial charge in [0.25, 0.3) is 0 Å². The predicted octanol–water partition coefficient (Wildman–Crippen LogP) is 5.59. The Morgan fingerprint density at radius 1 is 0.864 bits per heavy atom. The van der Waals surface area contributed by atoms with E-state index in [1.807, 2.05) is 6.20 Å². The zero-order valence-corrected chi connectivity index (χ0v) is 13.0. The molecule has 1 saturated carbocycles. The van der Waals surface area contributed by atoms with E-state index in [-0.39, 0.29) is 0 Å². The molecule has 22 heavy (non-hydrogen) atoms. The summed E-state index contributed by atoms with van der Waals surface area (Å²) in [6, 6.07) is 17.7. The van der Waals surface area contributed by atoms with Gasteiger partial charge < -0.3 is 0 Å². The van der Waals surface area contributed by atoms with E-state index in [0.717, 1.165) is 0 Å². The summed E-state index contributed by atoms with van der Waals surface area (Å²) in [6.45, 7) is 2.22. The molecule has 0 aliphatic heterocycles. The van der Waals surface area contributed by atoms with Gasteiger partial charge in [-0.05, 0) is 65.1 Å². The Balaban J connectivity index is 1.82. The van der Waals surface area contributed by atoms with E-state index >= 15 is 0 Å². The lowest BCUT2D eigenvalue weighted by Crippen LogP contribution is -2.07. The minimum absolute atomic E-state index is 0.611. The Kier molecular flexibility index (Phi) is 3.42. The minimum atomic E-state index is 0.611. The standard InChI is InChI=1S/C21H21N/c1-15-12-13-22-14-21(15)20-11-5-10-19(20)18-9-4-7-16-6-2-3-8-17(16)18/h2-4,6-9,12-14,19-20H,5,10-11H2,1H3. The van der Waals surface area contributed by atoms with Crippen molar-refractivity contribution in [3.63, 3.8) is 0 Å². The van der Waals surface area contributed by atoms with Crippen LogP contribution in [0.1, 0.15) is 47.8 Å². The molecule has 1 heterocycles. The summed E-state index contributed by atoms with van der Waals surface area (Å²) >= 11 is 0. The predicted molar refractivity (Wildman–Crippen MR) is 92.3 cm³/mol. The van der Waals surface area contributed by atoms with Gasteiger partial charge in [-0.2, -0.15) is 0 Å². The number of hydrogen-bond acceptors (Lipinski definition) is 1. The second-order valence-electron chi connectivity index (χ2n) is 6.44. The lowest BCUT2D eigenvalue weighted by Gasteiger charge is -2.23. The molecule has 0 amide bonds. The van der Waals surface area contributed by atoms with Gasteiger partial charge in [0, 0.05) is 12.4 Å². The van der Waals surface area contributed by atoms with Crippen LogP contribution in [0.3, 0.4) is 0 Å². The van der Waals surface area contributed by atoms with Crippen LogP contribution in [0, 0.1) is 6.92 Å². The summed E-state index contributed by atoms with van der Waals surface area (Å²) < 4.78 is 0. The number of benzene rings is 2. The molecule has 1 heteroatoms. The van der Waals surface area contributed by atoms with Gasteiger partial charge in [-0.25, -0.2) is 0 Å². The van der Waals surface area contributed by atoms with Crippen LogP contribution in [0.5, 0.6) is 0 Å². The first-order chi connectivity index (χ1) is 10.8. The van der Waals surface area contributed by atoms with Crippen LogP contribution in [0.4, 0.5) is 0 Å². The van der Waals surface area contributed by atoms with Gasteiger partial charge in [0.15, 0.2) is 0 Å². The molecule has 1 fully saturated rings. The van der Waals surface area contributed by atoms with Crippen molar-refractivity contribution in [2.24, 2.45) is 0 Å². The summed E-state index contributed by atoms with van der Waals surface area (Å²) in [5, 5.41) is 2.78. The lowest BCUT2D eigenvalue weighted by molar-refractivity contribution is 0.622. The Morgan fingerprint density at radius 3 is 2.50 bits per heavy atom. The summed E-state index contributed by atoms with van der Waals surface area (Å²) in [7, 11) is 0. The molecule has 110 valence electrons. The van der Waals surface area contributed by atoms with Gasteiger partial charge in [-0.1, -0.05) is 48.9 Å². The maximum Gasteiger partial charge on any atom is 0.0305 e. The molecular weight excluding hydrogens is 266 g/mol. The monoisotopic (exact) mass is 287 g/mol. The van der Waals surface area contributed by atoms with Crippen molar-refractivity contribution in [1.29, 1.82) is 0 Å². The highest BCUT2D eigenvalue weighted by Crippen LogP contribution is 2.48. The third kappa shape index (κ3) is 2.21. The highest BCUT2D eigenvalue weighted by atomic mass is 14.6. The molecule has 1 aliphatic carbocycles. The van der Waals surface area contributed by atoms with Gasteiger partial charge in [0.05, 0.1) is 0 Å². The van der Waals surface area contributed by atoms with Gasteiger partial charge in [0.1, 0.15) is 0 Å². The number of aryl methyl sites for hydroxylation is 1. The van der Waals surface area contributed by atoms with Crippen LogP contribution in [0.2, 0.25) is 0 Å².